The van der Waals surface area contributed by atoms with Gasteiger partial charge >= 0.3 is 0 Å². The van der Waals surface area contributed by atoms with E-state index in [0.717, 1.165) is 6.04 Å². The molecular weight excluding hydrogens is 294 g/mol. The molecule has 2 aliphatic heterocycles. The van der Waals surface area contributed by atoms with Gasteiger partial charge in [0.15, 0.2) is 0 Å². The molecule has 1 aromatic carbocycles. The second-order valence-electron chi connectivity index (χ2n) is 8.76. The number of rotatable bonds is 3. The van der Waals surface area contributed by atoms with Gasteiger partial charge < -0.3 is 9.80 Å². The van der Waals surface area contributed by atoms with Crippen molar-refractivity contribution in [3.8, 4) is 0 Å². The van der Waals surface area contributed by atoms with E-state index in [4.69, 9.17) is 0 Å². The monoisotopic (exact) mass is 329 g/mol. The van der Waals surface area contributed by atoms with E-state index in [-0.39, 0.29) is 5.54 Å². The summed E-state index contributed by atoms with van der Waals surface area (Å²) in [7, 11) is 4.43. The van der Waals surface area contributed by atoms with Gasteiger partial charge in [-0.15, -0.1) is 0 Å². The van der Waals surface area contributed by atoms with E-state index in [9.17, 15) is 0 Å². The standard InChI is InChI=1S/C21H35N3/c1-21(2,3)24-14-8-11-20(24)18-9-6-7-10-19(18)23-15-12-17(13-16-23)22(4)5/h6-7,9-10,17,20H,8,11-16H2,1-5H3. The van der Waals surface area contributed by atoms with Crippen molar-refractivity contribution in [2.45, 2.75) is 64.1 Å². The third-order valence-corrected chi connectivity index (χ3v) is 5.95. The quantitative estimate of drug-likeness (QED) is 0.825. The summed E-state index contributed by atoms with van der Waals surface area (Å²) in [5, 5.41) is 0. The summed E-state index contributed by atoms with van der Waals surface area (Å²) in [4.78, 5) is 7.73. The van der Waals surface area contributed by atoms with Gasteiger partial charge in [0.1, 0.15) is 0 Å². The highest BCUT2D eigenvalue weighted by atomic mass is 15.2. The highest BCUT2D eigenvalue weighted by molar-refractivity contribution is 5.55. The lowest BCUT2D eigenvalue weighted by Crippen LogP contribution is -2.43. The maximum Gasteiger partial charge on any atom is 0.0414 e. The first-order chi connectivity index (χ1) is 11.4. The fourth-order valence-electron chi connectivity index (χ4n) is 4.57. The van der Waals surface area contributed by atoms with Gasteiger partial charge in [0, 0.05) is 36.4 Å². The fraction of sp³-hybridized carbons (Fsp3) is 0.714. The van der Waals surface area contributed by atoms with Gasteiger partial charge in [-0.05, 0) is 78.7 Å². The lowest BCUT2D eigenvalue weighted by atomic mass is 9.96. The summed E-state index contributed by atoms with van der Waals surface area (Å²) >= 11 is 0. The predicted octanol–water partition coefficient (Wildman–Crippen LogP) is 4.15. The molecule has 0 bridgehead atoms. The summed E-state index contributed by atoms with van der Waals surface area (Å²) in [6.45, 7) is 10.7. The number of piperidine rings is 1. The topological polar surface area (TPSA) is 9.72 Å². The lowest BCUT2D eigenvalue weighted by Gasteiger charge is -2.41. The summed E-state index contributed by atoms with van der Waals surface area (Å²) in [6.07, 6.45) is 5.16. The molecule has 3 heteroatoms. The van der Waals surface area contributed by atoms with Gasteiger partial charge in [0.05, 0.1) is 0 Å². The van der Waals surface area contributed by atoms with Crippen molar-refractivity contribution in [1.29, 1.82) is 0 Å². The molecule has 0 amide bonds. The Hall–Kier alpha value is -1.06. The number of nitrogens with zero attached hydrogens (tertiary/aromatic N) is 3. The first-order valence-corrected chi connectivity index (χ1v) is 9.65. The molecule has 1 aromatic rings. The second kappa shape index (κ2) is 7.05. The molecule has 0 spiro atoms. The zero-order valence-electron chi connectivity index (χ0n) is 16.3. The van der Waals surface area contributed by atoms with Gasteiger partial charge in [-0.2, -0.15) is 0 Å². The van der Waals surface area contributed by atoms with Crippen molar-refractivity contribution in [2.75, 3.05) is 38.6 Å². The second-order valence-corrected chi connectivity index (χ2v) is 8.76. The minimum Gasteiger partial charge on any atom is -0.371 e. The molecule has 0 N–H and O–H groups in total. The molecule has 3 rings (SSSR count). The van der Waals surface area contributed by atoms with Crippen molar-refractivity contribution >= 4 is 5.69 Å². The van der Waals surface area contributed by atoms with E-state index in [1.807, 2.05) is 0 Å². The van der Waals surface area contributed by atoms with Crippen LogP contribution in [0.4, 0.5) is 5.69 Å². The van der Waals surface area contributed by atoms with Crippen molar-refractivity contribution < 1.29 is 0 Å². The summed E-state index contributed by atoms with van der Waals surface area (Å²) in [6, 6.07) is 10.5. The van der Waals surface area contributed by atoms with Crippen LogP contribution in [-0.4, -0.2) is 55.1 Å². The Bertz CT molecular complexity index is 538. The van der Waals surface area contributed by atoms with Gasteiger partial charge in [-0.3, -0.25) is 4.90 Å². The molecule has 2 aliphatic rings. The molecule has 0 saturated carbocycles. The normalized spacial score (nSPS) is 24.1. The van der Waals surface area contributed by atoms with E-state index >= 15 is 0 Å². The summed E-state index contributed by atoms with van der Waals surface area (Å²) < 4.78 is 0. The maximum atomic E-state index is 2.71. The Morgan fingerprint density at radius 3 is 2.25 bits per heavy atom. The van der Waals surface area contributed by atoms with Gasteiger partial charge in [-0.1, -0.05) is 18.2 Å². The maximum absolute atomic E-state index is 2.71. The van der Waals surface area contributed by atoms with Crippen LogP contribution in [0, 0.1) is 0 Å². The number of likely N-dealkylation sites (tertiary alicyclic amines) is 1. The van der Waals surface area contributed by atoms with Crippen LogP contribution >= 0.6 is 0 Å². The van der Waals surface area contributed by atoms with Gasteiger partial charge in [0.25, 0.3) is 0 Å². The van der Waals surface area contributed by atoms with Crippen LogP contribution in [0.2, 0.25) is 0 Å². The Balaban J connectivity index is 1.82. The molecule has 1 atom stereocenters. The lowest BCUT2D eigenvalue weighted by molar-refractivity contribution is 0.122. The summed E-state index contributed by atoms with van der Waals surface area (Å²) in [5.41, 5.74) is 3.27. The number of benzene rings is 1. The van der Waals surface area contributed by atoms with E-state index in [0.29, 0.717) is 6.04 Å². The van der Waals surface area contributed by atoms with Crippen LogP contribution < -0.4 is 4.90 Å². The number of hydrogen-bond acceptors (Lipinski definition) is 3. The Labute approximate surface area is 148 Å². The Kier molecular flexibility index (Phi) is 5.22. The van der Waals surface area contributed by atoms with E-state index in [2.05, 4.69) is 73.8 Å². The molecule has 0 aliphatic carbocycles. The third kappa shape index (κ3) is 3.62. The van der Waals surface area contributed by atoms with E-state index in [1.165, 1.54) is 51.0 Å². The van der Waals surface area contributed by atoms with E-state index in [1.54, 1.807) is 5.56 Å². The third-order valence-electron chi connectivity index (χ3n) is 5.95. The van der Waals surface area contributed by atoms with Crippen LogP contribution in [0.1, 0.15) is 58.1 Å². The number of hydrogen-bond donors (Lipinski definition) is 0. The fourth-order valence-corrected chi connectivity index (χ4v) is 4.57. The molecule has 1 unspecified atom stereocenters. The zero-order chi connectivity index (χ0) is 17.3. The largest absolute Gasteiger partial charge is 0.371 e. The molecular formula is C21H35N3. The molecule has 2 saturated heterocycles. The first-order valence-electron chi connectivity index (χ1n) is 9.65. The first kappa shape index (κ1) is 17.8. The van der Waals surface area contributed by atoms with Crippen LogP contribution in [0.25, 0.3) is 0 Å². The molecule has 24 heavy (non-hydrogen) atoms. The van der Waals surface area contributed by atoms with Crippen molar-refractivity contribution in [3.05, 3.63) is 29.8 Å². The average Bonchev–Trinajstić information content (AvgIpc) is 3.05. The highest BCUT2D eigenvalue weighted by Gasteiger charge is 2.35. The Morgan fingerprint density at radius 2 is 1.62 bits per heavy atom. The van der Waals surface area contributed by atoms with Crippen molar-refractivity contribution in [2.24, 2.45) is 0 Å². The van der Waals surface area contributed by atoms with Crippen molar-refractivity contribution in [1.82, 2.24) is 9.80 Å². The molecule has 2 fully saturated rings. The van der Waals surface area contributed by atoms with Gasteiger partial charge in [0.2, 0.25) is 0 Å². The highest BCUT2D eigenvalue weighted by Crippen LogP contribution is 2.41. The minimum absolute atomic E-state index is 0.242. The number of para-hydroxylation sites is 1. The molecule has 0 radical (unpaired) electrons. The summed E-state index contributed by atoms with van der Waals surface area (Å²) in [5.74, 6) is 0. The molecule has 2 heterocycles. The van der Waals surface area contributed by atoms with Crippen LogP contribution in [-0.2, 0) is 0 Å². The average molecular weight is 330 g/mol. The SMILES string of the molecule is CN(C)C1CCN(c2ccccc2C2CCCN2C(C)(C)C)CC1. The van der Waals surface area contributed by atoms with Crippen molar-refractivity contribution in [3.63, 3.8) is 0 Å². The van der Waals surface area contributed by atoms with Crippen LogP contribution in [0.15, 0.2) is 24.3 Å². The van der Waals surface area contributed by atoms with Crippen LogP contribution in [0.3, 0.4) is 0 Å². The smallest absolute Gasteiger partial charge is 0.0414 e. The minimum atomic E-state index is 0.242. The predicted molar refractivity (Wildman–Crippen MR) is 104 cm³/mol. The Morgan fingerprint density at radius 1 is 0.958 bits per heavy atom. The molecule has 134 valence electrons. The zero-order valence-corrected chi connectivity index (χ0v) is 16.3. The molecule has 0 aromatic heterocycles. The van der Waals surface area contributed by atoms with E-state index < -0.39 is 0 Å². The van der Waals surface area contributed by atoms with Gasteiger partial charge in [-0.25, -0.2) is 0 Å². The van der Waals surface area contributed by atoms with Crippen LogP contribution in [0.5, 0.6) is 0 Å². The molecule has 3 nitrogen and oxygen atoms in total. The number of anilines is 1.